The van der Waals surface area contributed by atoms with Gasteiger partial charge in [-0.25, -0.2) is 4.39 Å². The number of para-hydroxylation sites is 1. The molecule has 2 aliphatic rings. The van der Waals surface area contributed by atoms with Gasteiger partial charge < -0.3 is 19.0 Å². The summed E-state index contributed by atoms with van der Waals surface area (Å²) in [5, 5.41) is -0.00473. The lowest BCUT2D eigenvalue weighted by Crippen LogP contribution is -2.53. The number of fused-ring (bicyclic) bond motifs is 5. The fourth-order valence-electron chi connectivity index (χ4n) is 4.94. The van der Waals surface area contributed by atoms with E-state index in [1.165, 1.54) is 11.0 Å². The molecule has 0 bridgehead atoms. The van der Waals surface area contributed by atoms with Crippen molar-refractivity contribution in [1.82, 2.24) is 4.90 Å². The summed E-state index contributed by atoms with van der Waals surface area (Å²) in [6.07, 6.45) is 0.460. The van der Waals surface area contributed by atoms with E-state index in [2.05, 4.69) is 0 Å². The van der Waals surface area contributed by atoms with Crippen LogP contribution in [0, 0.1) is 5.82 Å². The minimum Gasteiger partial charge on any atom is -0.450 e. The summed E-state index contributed by atoms with van der Waals surface area (Å²) in [6.45, 7) is 2.75. The van der Waals surface area contributed by atoms with Gasteiger partial charge in [0.25, 0.3) is 11.8 Å². The average Bonchev–Trinajstić information content (AvgIpc) is 3.19. The summed E-state index contributed by atoms with van der Waals surface area (Å²) >= 11 is 0. The van der Waals surface area contributed by atoms with Gasteiger partial charge in [-0.3, -0.25) is 14.4 Å². The van der Waals surface area contributed by atoms with Gasteiger partial charge in [0.05, 0.1) is 16.6 Å². The molecule has 2 aliphatic heterocycles. The van der Waals surface area contributed by atoms with Crippen molar-refractivity contribution in [2.75, 3.05) is 31.7 Å². The van der Waals surface area contributed by atoms with Crippen molar-refractivity contribution in [3.63, 3.8) is 0 Å². The highest BCUT2D eigenvalue weighted by Gasteiger charge is 2.64. The molecule has 8 heteroatoms. The Labute approximate surface area is 183 Å². The highest BCUT2D eigenvalue weighted by Crippen LogP contribution is 2.52. The van der Waals surface area contributed by atoms with Gasteiger partial charge in [0, 0.05) is 32.4 Å². The van der Waals surface area contributed by atoms with Crippen molar-refractivity contribution >= 4 is 28.5 Å². The maximum atomic E-state index is 14.0. The van der Waals surface area contributed by atoms with E-state index in [1.807, 2.05) is 6.92 Å². The molecule has 164 valence electrons. The smallest absolute Gasteiger partial charge is 0.291 e. The molecule has 3 heterocycles. The van der Waals surface area contributed by atoms with E-state index in [0.29, 0.717) is 30.8 Å². The molecule has 1 aromatic heterocycles. The number of carbonyl (C=O) groups excluding carboxylic acids is 2. The first-order valence-corrected chi connectivity index (χ1v) is 10.5. The molecule has 32 heavy (non-hydrogen) atoms. The first kappa shape index (κ1) is 20.4. The minimum atomic E-state index is -1.66. The molecule has 7 nitrogen and oxygen atoms in total. The number of carbonyl (C=O) groups is 2. The summed E-state index contributed by atoms with van der Waals surface area (Å²) in [5.41, 5.74) is -1.01. The van der Waals surface area contributed by atoms with E-state index in [-0.39, 0.29) is 28.8 Å². The lowest BCUT2D eigenvalue weighted by Gasteiger charge is -2.34. The second kappa shape index (κ2) is 7.27. The number of rotatable bonds is 5. The fourth-order valence-corrected chi connectivity index (χ4v) is 4.94. The fraction of sp³-hybridized carbons (Fsp3) is 0.292. The van der Waals surface area contributed by atoms with Crippen LogP contribution in [-0.2, 0) is 15.1 Å². The Balaban J connectivity index is 1.88. The Kier molecular flexibility index (Phi) is 4.63. The van der Waals surface area contributed by atoms with E-state index < -0.39 is 28.6 Å². The standard InChI is InChI=1S/C24H21FN2O5/c1-3-26-17-8-5-4-7-16(17)24(23(26)30)19-20(28)15-13-14(25)9-10-18(15)32-21(19)22(29)27(24)11-6-12-31-2/h4-5,7-10,13H,3,6,11-12H2,1-2H3/t24-/m1/s1. The van der Waals surface area contributed by atoms with Gasteiger partial charge in [0.15, 0.2) is 11.0 Å². The number of hydrogen-bond acceptors (Lipinski definition) is 5. The molecule has 0 saturated heterocycles. The molecule has 0 fully saturated rings. The van der Waals surface area contributed by atoms with Crippen LogP contribution in [0.1, 0.15) is 35.0 Å². The van der Waals surface area contributed by atoms with Crippen LogP contribution in [-0.4, -0.2) is 43.5 Å². The maximum Gasteiger partial charge on any atom is 0.291 e. The highest BCUT2D eigenvalue weighted by molar-refractivity contribution is 6.17. The molecular formula is C24H21FN2O5. The van der Waals surface area contributed by atoms with E-state index in [0.717, 1.165) is 12.1 Å². The maximum absolute atomic E-state index is 14.0. The van der Waals surface area contributed by atoms with Gasteiger partial charge in [-0.15, -0.1) is 0 Å². The van der Waals surface area contributed by atoms with Crippen molar-refractivity contribution in [2.45, 2.75) is 18.9 Å². The Morgan fingerprint density at radius 1 is 1.12 bits per heavy atom. The number of anilines is 1. The zero-order valence-electron chi connectivity index (χ0n) is 17.7. The second-order valence-corrected chi connectivity index (χ2v) is 7.86. The lowest BCUT2D eigenvalue weighted by molar-refractivity contribution is -0.126. The molecule has 1 spiro atoms. The van der Waals surface area contributed by atoms with Crippen LogP contribution in [0.2, 0.25) is 0 Å². The quantitative estimate of drug-likeness (QED) is 0.575. The molecule has 2 amide bonds. The number of halogens is 1. The molecular weight excluding hydrogens is 415 g/mol. The molecule has 5 rings (SSSR count). The Hall–Kier alpha value is -3.52. The summed E-state index contributed by atoms with van der Waals surface area (Å²) in [4.78, 5) is 44.2. The predicted molar refractivity (Wildman–Crippen MR) is 115 cm³/mol. The Morgan fingerprint density at radius 3 is 2.66 bits per heavy atom. The third-order valence-corrected chi connectivity index (χ3v) is 6.24. The number of methoxy groups -OCH3 is 1. The largest absolute Gasteiger partial charge is 0.450 e. The van der Waals surface area contributed by atoms with Crippen molar-refractivity contribution < 1.29 is 23.1 Å². The zero-order chi connectivity index (χ0) is 22.6. The molecule has 0 saturated carbocycles. The molecule has 1 atom stereocenters. The van der Waals surface area contributed by atoms with Crippen molar-refractivity contribution in [3.8, 4) is 0 Å². The summed E-state index contributed by atoms with van der Waals surface area (Å²) in [5.74, 6) is -1.71. The third kappa shape index (κ3) is 2.47. The number of amides is 2. The van der Waals surface area contributed by atoms with Gasteiger partial charge >= 0.3 is 0 Å². The molecule has 3 aromatic rings. The molecule has 2 aromatic carbocycles. The summed E-state index contributed by atoms with van der Waals surface area (Å²) in [7, 11) is 1.55. The average molecular weight is 436 g/mol. The first-order chi connectivity index (χ1) is 15.5. The third-order valence-electron chi connectivity index (χ3n) is 6.24. The lowest BCUT2D eigenvalue weighted by atomic mass is 9.84. The highest BCUT2D eigenvalue weighted by atomic mass is 19.1. The number of nitrogens with zero attached hydrogens (tertiary/aromatic N) is 2. The van der Waals surface area contributed by atoms with Gasteiger partial charge in [-0.1, -0.05) is 18.2 Å². The van der Waals surface area contributed by atoms with E-state index >= 15 is 0 Å². The number of benzene rings is 2. The number of likely N-dealkylation sites (N-methyl/N-ethyl adjacent to an activating group) is 1. The SMILES string of the molecule is CCN1C(=O)[C@@]2(c3ccccc31)c1c(oc3ccc(F)cc3c1=O)C(=O)N2CCCOC. The Bertz CT molecular complexity index is 1330. The predicted octanol–water partition coefficient (Wildman–Crippen LogP) is 3.03. The summed E-state index contributed by atoms with van der Waals surface area (Å²) in [6, 6.07) is 10.7. The van der Waals surface area contributed by atoms with Crippen LogP contribution in [0.5, 0.6) is 0 Å². The van der Waals surface area contributed by atoms with Crippen LogP contribution in [0.15, 0.2) is 51.7 Å². The van der Waals surface area contributed by atoms with Crippen molar-refractivity contribution in [2.24, 2.45) is 0 Å². The molecule has 0 radical (unpaired) electrons. The van der Waals surface area contributed by atoms with E-state index in [4.69, 9.17) is 9.15 Å². The van der Waals surface area contributed by atoms with Gasteiger partial charge in [-0.05, 0) is 37.6 Å². The van der Waals surface area contributed by atoms with E-state index in [9.17, 15) is 18.8 Å². The zero-order valence-corrected chi connectivity index (χ0v) is 17.7. The summed E-state index contributed by atoms with van der Waals surface area (Å²) < 4.78 is 25.0. The van der Waals surface area contributed by atoms with Gasteiger partial charge in [0.1, 0.15) is 11.4 Å². The van der Waals surface area contributed by atoms with Crippen LogP contribution in [0.3, 0.4) is 0 Å². The van der Waals surface area contributed by atoms with Crippen LogP contribution < -0.4 is 10.3 Å². The van der Waals surface area contributed by atoms with Crippen molar-refractivity contribution in [3.05, 3.63) is 75.4 Å². The molecule has 0 unspecified atom stereocenters. The van der Waals surface area contributed by atoms with Gasteiger partial charge in [-0.2, -0.15) is 0 Å². The van der Waals surface area contributed by atoms with Crippen molar-refractivity contribution in [1.29, 1.82) is 0 Å². The van der Waals surface area contributed by atoms with Crippen LogP contribution >= 0.6 is 0 Å². The number of hydrogen-bond donors (Lipinski definition) is 0. The van der Waals surface area contributed by atoms with E-state index in [1.54, 1.807) is 36.3 Å². The normalized spacial score (nSPS) is 19.3. The Morgan fingerprint density at radius 2 is 1.91 bits per heavy atom. The van der Waals surface area contributed by atoms with Crippen LogP contribution in [0.4, 0.5) is 10.1 Å². The van der Waals surface area contributed by atoms with Gasteiger partial charge in [0.2, 0.25) is 5.76 Å². The molecule has 0 aliphatic carbocycles. The minimum absolute atomic E-state index is 0.00473. The number of ether oxygens (including phenoxy) is 1. The first-order valence-electron chi connectivity index (χ1n) is 10.5. The monoisotopic (exact) mass is 436 g/mol. The topological polar surface area (TPSA) is 80.1 Å². The second-order valence-electron chi connectivity index (χ2n) is 7.86. The van der Waals surface area contributed by atoms with Crippen LogP contribution in [0.25, 0.3) is 11.0 Å². The molecule has 0 N–H and O–H groups in total.